The Morgan fingerprint density at radius 1 is 1.20 bits per heavy atom. The van der Waals surface area contributed by atoms with E-state index in [0.717, 1.165) is 47.2 Å². The van der Waals surface area contributed by atoms with Gasteiger partial charge >= 0.3 is 0 Å². The second-order valence-electron chi connectivity index (χ2n) is 7.31. The quantitative estimate of drug-likeness (QED) is 0.775. The first-order valence-corrected chi connectivity index (χ1v) is 9.27. The third-order valence-corrected chi connectivity index (χ3v) is 5.52. The number of aromatic amines is 1. The zero-order chi connectivity index (χ0) is 17.4. The van der Waals surface area contributed by atoms with Crippen LogP contribution in [0.3, 0.4) is 0 Å². The molecule has 4 rings (SSSR count). The van der Waals surface area contributed by atoms with E-state index < -0.39 is 0 Å². The fourth-order valence-electron chi connectivity index (χ4n) is 4.00. The number of benzene rings is 1. The van der Waals surface area contributed by atoms with Crippen molar-refractivity contribution in [1.29, 1.82) is 0 Å². The summed E-state index contributed by atoms with van der Waals surface area (Å²) in [4.78, 5) is 7.47. The number of nitrogens with zero attached hydrogens (tertiary/aromatic N) is 3. The summed E-state index contributed by atoms with van der Waals surface area (Å²) in [6.45, 7) is 8.82. The summed E-state index contributed by atoms with van der Waals surface area (Å²) in [5, 5.41) is 8.55. The van der Waals surface area contributed by atoms with Crippen LogP contribution in [0.4, 0.5) is 0 Å². The van der Waals surface area contributed by atoms with E-state index in [1.165, 1.54) is 30.3 Å². The number of pyridine rings is 1. The Bertz CT molecular complexity index is 877. The minimum atomic E-state index is 0.742. The first-order chi connectivity index (χ1) is 12.1. The summed E-state index contributed by atoms with van der Waals surface area (Å²) in [5.41, 5.74) is 6.64. The number of aromatic nitrogens is 3. The number of likely N-dealkylation sites (tertiary alicyclic amines) is 1. The molecule has 0 spiro atoms. The van der Waals surface area contributed by atoms with Gasteiger partial charge in [-0.2, -0.15) is 5.10 Å². The van der Waals surface area contributed by atoms with Gasteiger partial charge in [0.1, 0.15) is 0 Å². The van der Waals surface area contributed by atoms with Crippen molar-refractivity contribution in [1.82, 2.24) is 20.1 Å². The molecule has 0 radical (unpaired) electrons. The van der Waals surface area contributed by atoms with E-state index in [1.54, 1.807) is 0 Å². The van der Waals surface area contributed by atoms with Crippen LogP contribution in [0.1, 0.15) is 36.7 Å². The van der Waals surface area contributed by atoms with Gasteiger partial charge in [0.15, 0.2) is 0 Å². The molecule has 4 heteroatoms. The second-order valence-corrected chi connectivity index (χ2v) is 7.31. The van der Waals surface area contributed by atoms with Crippen molar-refractivity contribution in [3.63, 3.8) is 0 Å². The van der Waals surface area contributed by atoms with Gasteiger partial charge in [-0.3, -0.25) is 5.10 Å². The highest BCUT2D eigenvalue weighted by Crippen LogP contribution is 2.26. The van der Waals surface area contributed by atoms with Crippen molar-refractivity contribution >= 4 is 10.9 Å². The number of aryl methyl sites for hydroxylation is 2. The lowest BCUT2D eigenvalue weighted by Crippen LogP contribution is -2.28. The molecule has 1 aromatic carbocycles. The highest BCUT2D eigenvalue weighted by atomic mass is 15.2. The number of rotatable bonds is 4. The first kappa shape index (κ1) is 16.3. The molecule has 1 atom stereocenters. The molecule has 0 amide bonds. The molecule has 1 saturated heterocycles. The summed E-state index contributed by atoms with van der Waals surface area (Å²) in [6.07, 6.45) is 3.80. The average molecular weight is 334 g/mol. The predicted octanol–water partition coefficient (Wildman–Crippen LogP) is 4.27. The number of hydrogen-bond donors (Lipinski definition) is 1. The Labute approximate surface area is 149 Å². The maximum absolute atomic E-state index is 4.86. The zero-order valence-corrected chi connectivity index (χ0v) is 15.3. The van der Waals surface area contributed by atoms with Gasteiger partial charge in [0.2, 0.25) is 0 Å². The number of H-pyrrole nitrogens is 1. The van der Waals surface area contributed by atoms with E-state index in [1.807, 2.05) is 13.8 Å². The molecular formula is C21H26N4. The summed E-state index contributed by atoms with van der Waals surface area (Å²) >= 11 is 0. The molecule has 0 aliphatic carbocycles. The van der Waals surface area contributed by atoms with Crippen LogP contribution in [0.25, 0.3) is 22.2 Å². The molecule has 1 N–H and O–H groups in total. The van der Waals surface area contributed by atoms with Crippen molar-refractivity contribution in [2.45, 2.75) is 46.1 Å². The molecule has 3 heterocycles. The van der Waals surface area contributed by atoms with Crippen LogP contribution in [-0.2, 0) is 6.42 Å². The van der Waals surface area contributed by atoms with Gasteiger partial charge in [-0.25, -0.2) is 4.98 Å². The third-order valence-electron chi connectivity index (χ3n) is 5.52. The van der Waals surface area contributed by atoms with Crippen LogP contribution in [-0.4, -0.2) is 39.2 Å². The van der Waals surface area contributed by atoms with Crippen LogP contribution in [0, 0.1) is 13.8 Å². The van der Waals surface area contributed by atoms with E-state index in [9.17, 15) is 0 Å². The minimum Gasteiger partial charge on any atom is -0.300 e. The lowest BCUT2D eigenvalue weighted by atomic mass is 10.0. The van der Waals surface area contributed by atoms with Gasteiger partial charge in [0, 0.05) is 29.2 Å². The summed E-state index contributed by atoms with van der Waals surface area (Å²) in [6, 6.07) is 11.7. The molecule has 4 nitrogen and oxygen atoms in total. The van der Waals surface area contributed by atoms with Gasteiger partial charge in [-0.1, -0.05) is 12.1 Å². The van der Waals surface area contributed by atoms with Crippen molar-refractivity contribution < 1.29 is 0 Å². The van der Waals surface area contributed by atoms with Gasteiger partial charge in [-0.05, 0) is 70.3 Å². The van der Waals surface area contributed by atoms with Crippen LogP contribution in [0.2, 0.25) is 0 Å². The maximum Gasteiger partial charge on any atom is 0.0746 e. The van der Waals surface area contributed by atoms with Gasteiger partial charge in [0.25, 0.3) is 0 Å². The second kappa shape index (κ2) is 6.60. The Kier molecular flexibility index (Phi) is 4.30. The van der Waals surface area contributed by atoms with E-state index in [-0.39, 0.29) is 0 Å². The molecule has 2 aromatic heterocycles. The Balaban J connectivity index is 1.56. The maximum atomic E-state index is 4.86. The Hall–Kier alpha value is -2.20. The van der Waals surface area contributed by atoms with Crippen LogP contribution < -0.4 is 0 Å². The Morgan fingerprint density at radius 3 is 2.80 bits per heavy atom. The minimum absolute atomic E-state index is 0.742. The van der Waals surface area contributed by atoms with E-state index in [4.69, 9.17) is 4.98 Å². The fraction of sp³-hybridized carbons (Fsp3) is 0.429. The van der Waals surface area contributed by atoms with Crippen molar-refractivity contribution in [2.24, 2.45) is 0 Å². The molecule has 1 unspecified atom stereocenters. The molecular weight excluding hydrogens is 308 g/mol. The Morgan fingerprint density at radius 2 is 2.08 bits per heavy atom. The smallest absolute Gasteiger partial charge is 0.0746 e. The van der Waals surface area contributed by atoms with Gasteiger partial charge in [0.05, 0.1) is 16.9 Å². The van der Waals surface area contributed by atoms with Crippen molar-refractivity contribution in [3.05, 3.63) is 47.3 Å². The van der Waals surface area contributed by atoms with Gasteiger partial charge < -0.3 is 4.90 Å². The third kappa shape index (κ3) is 3.19. The molecule has 1 aliphatic heterocycles. The molecule has 0 bridgehead atoms. The molecule has 130 valence electrons. The molecule has 3 aromatic rings. The topological polar surface area (TPSA) is 44.8 Å². The van der Waals surface area contributed by atoms with Crippen LogP contribution in [0.15, 0.2) is 30.3 Å². The SMILES string of the molecule is Cc1n[nH]c(C)c1-c1ccc2cc(CCN3CCCC3C)ccc2n1. The lowest BCUT2D eigenvalue weighted by molar-refractivity contribution is 0.272. The van der Waals surface area contributed by atoms with E-state index in [2.05, 4.69) is 52.4 Å². The molecule has 1 aliphatic rings. The molecule has 1 fully saturated rings. The molecule has 0 saturated carbocycles. The van der Waals surface area contributed by atoms with E-state index >= 15 is 0 Å². The van der Waals surface area contributed by atoms with Crippen LogP contribution >= 0.6 is 0 Å². The van der Waals surface area contributed by atoms with Crippen molar-refractivity contribution in [3.8, 4) is 11.3 Å². The highest BCUT2D eigenvalue weighted by Gasteiger charge is 2.19. The fourth-order valence-corrected chi connectivity index (χ4v) is 4.00. The van der Waals surface area contributed by atoms with Crippen molar-refractivity contribution in [2.75, 3.05) is 13.1 Å². The standard InChI is InChI=1S/C21H26N4/c1-14-5-4-11-25(14)12-10-17-6-8-19-18(13-17)7-9-20(22-19)21-15(2)23-24-16(21)3/h6-9,13-14H,4-5,10-12H2,1-3H3,(H,23,24). The summed E-state index contributed by atoms with van der Waals surface area (Å²) < 4.78 is 0. The summed E-state index contributed by atoms with van der Waals surface area (Å²) in [7, 11) is 0. The van der Waals surface area contributed by atoms with E-state index in [0.29, 0.717) is 0 Å². The number of fused-ring (bicyclic) bond motifs is 1. The number of nitrogens with one attached hydrogen (secondary N) is 1. The zero-order valence-electron chi connectivity index (χ0n) is 15.3. The largest absolute Gasteiger partial charge is 0.300 e. The summed E-state index contributed by atoms with van der Waals surface area (Å²) in [5.74, 6) is 0. The number of hydrogen-bond acceptors (Lipinski definition) is 3. The predicted molar refractivity (Wildman–Crippen MR) is 103 cm³/mol. The average Bonchev–Trinajstić information content (AvgIpc) is 3.17. The van der Waals surface area contributed by atoms with Gasteiger partial charge in [-0.15, -0.1) is 0 Å². The molecule has 25 heavy (non-hydrogen) atoms. The monoisotopic (exact) mass is 334 g/mol. The van der Waals surface area contributed by atoms with Crippen LogP contribution in [0.5, 0.6) is 0 Å². The highest BCUT2D eigenvalue weighted by molar-refractivity contribution is 5.82. The lowest BCUT2D eigenvalue weighted by Gasteiger charge is -2.20. The first-order valence-electron chi connectivity index (χ1n) is 9.27. The normalized spacial score (nSPS) is 18.3.